The van der Waals surface area contributed by atoms with E-state index in [4.69, 9.17) is 0 Å². The number of allylic oxidation sites excluding steroid dienone is 6. The first kappa shape index (κ1) is 14.4. The van der Waals surface area contributed by atoms with Gasteiger partial charge >= 0.3 is 0 Å². The average Bonchev–Trinajstić information content (AvgIpc) is 2.59. The van der Waals surface area contributed by atoms with Crippen molar-refractivity contribution in [2.75, 3.05) is 0 Å². The zero-order valence-electron chi connectivity index (χ0n) is 10.2. The van der Waals surface area contributed by atoms with E-state index in [0.717, 1.165) is 12.8 Å². The highest BCUT2D eigenvalue weighted by atomic mass is 79.9. The van der Waals surface area contributed by atoms with E-state index in [1.165, 1.54) is 5.57 Å². The van der Waals surface area contributed by atoms with Crippen LogP contribution in [0.5, 0.6) is 0 Å². The SMILES string of the molecule is O=C(CCC1=CC=CC=CC1)Cn1nc(Br)nc1Br. The number of hydrogen-bond donors (Lipinski definition) is 0. The molecule has 4 nitrogen and oxygen atoms in total. The van der Waals surface area contributed by atoms with Gasteiger partial charge in [0.1, 0.15) is 6.54 Å². The number of ketones is 1. The van der Waals surface area contributed by atoms with Gasteiger partial charge in [0.2, 0.25) is 4.73 Å². The number of aromatic nitrogens is 3. The van der Waals surface area contributed by atoms with Gasteiger partial charge in [-0.3, -0.25) is 4.79 Å². The number of Topliss-reactive ketones (excluding diaryl/α,β-unsaturated/α-hetero) is 1. The van der Waals surface area contributed by atoms with Crippen LogP contribution < -0.4 is 0 Å². The number of halogens is 2. The first-order valence-electron chi connectivity index (χ1n) is 5.94. The zero-order valence-corrected chi connectivity index (χ0v) is 13.4. The molecule has 0 saturated heterocycles. The average molecular weight is 387 g/mol. The van der Waals surface area contributed by atoms with Gasteiger partial charge in [-0.15, -0.1) is 5.10 Å². The van der Waals surface area contributed by atoms with E-state index in [-0.39, 0.29) is 12.3 Å². The molecule has 0 atom stereocenters. The number of hydrogen-bond acceptors (Lipinski definition) is 3. The van der Waals surface area contributed by atoms with Crippen molar-refractivity contribution in [1.29, 1.82) is 0 Å². The Hall–Kier alpha value is -1.01. The maximum absolute atomic E-state index is 11.9. The third-order valence-electron chi connectivity index (χ3n) is 2.72. The van der Waals surface area contributed by atoms with Gasteiger partial charge in [0.15, 0.2) is 10.5 Å². The standard InChI is InChI=1S/C13H13Br2N3O/c14-12-16-13(15)18(17-12)9-11(19)8-7-10-5-3-1-2-4-6-10/h1-5H,6-9H2. The van der Waals surface area contributed by atoms with Crippen molar-refractivity contribution in [2.45, 2.75) is 25.8 Å². The third-order valence-corrected chi connectivity index (χ3v) is 3.64. The molecule has 2 rings (SSSR count). The second kappa shape index (κ2) is 6.96. The van der Waals surface area contributed by atoms with Crippen LogP contribution in [0.25, 0.3) is 0 Å². The Morgan fingerprint density at radius 2 is 2.16 bits per heavy atom. The molecular formula is C13H13Br2N3O. The molecule has 1 aromatic heterocycles. The van der Waals surface area contributed by atoms with Crippen LogP contribution in [-0.2, 0) is 11.3 Å². The Balaban J connectivity index is 1.85. The highest BCUT2D eigenvalue weighted by molar-refractivity contribution is 9.11. The number of rotatable bonds is 5. The van der Waals surface area contributed by atoms with Gasteiger partial charge in [-0.2, -0.15) is 4.98 Å². The fourth-order valence-corrected chi connectivity index (χ4v) is 2.72. The lowest BCUT2D eigenvalue weighted by Crippen LogP contribution is -2.11. The van der Waals surface area contributed by atoms with E-state index in [9.17, 15) is 4.79 Å². The van der Waals surface area contributed by atoms with Gasteiger partial charge in [-0.05, 0) is 44.7 Å². The quantitative estimate of drug-likeness (QED) is 0.776. The van der Waals surface area contributed by atoms with Gasteiger partial charge in [0.05, 0.1) is 0 Å². The van der Waals surface area contributed by atoms with Crippen molar-refractivity contribution in [3.05, 3.63) is 45.4 Å². The Morgan fingerprint density at radius 1 is 1.32 bits per heavy atom. The molecule has 0 bridgehead atoms. The van der Waals surface area contributed by atoms with E-state index in [2.05, 4.69) is 54.1 Å². The summed E-state index contributed by atoms with van der Waals surface area (Å²) in [5, 5.41) is 4.08. The van der Waals surface area contributed by atoms with Crippen LogP contribution in [0.4, 0.5) is 0 Å². The summed E-state index contributed by atoms with van der Waals surface area (Å²) in [6.45, 7) is 0.248. The van der Waals surface area contributed by atoms with Crippen molar-refractivity contribution in [1.82, 2.24) is 14.8 Å². The highest BCUT2D eigenvalue weighted by Crippen LogP contribution is 2.15. The molecule has 0 saturated carbocycles. The summed E-state index contributed by atoms with van der Waals surface area (Å²) in [5.41, 5.74) is 1.28. The fraction of sp³-hybridized carbons (Fsp3) is 0.308. The number of carbonyl (C=O) groups excluding carboxylic acids is 1. The molecule has 0 amide bonds. The molecule has 0 fully saturated rings. The second-order valence-electron chi connectivity index (χ2n) is 4.19. The molecule has 100 valence electrons. The lowest BCUT2D eigenvalue weighted by Gasteiger charge is -2.04. The van der Waals surface area contributed by atoms with Crippen LogP contribution in [0.1, 0.15) is 19.3 Å². The third kappa shape index (κ3) is 4.54. The molecule has 0 unspecified atom stereocenters. The summed E-state index contributed by atoms with van der Waals surface area (Å²) in [5.74, 6) is 0.149. The van der Waals surface area contributed by atoms with Crippen LogP contribution in [0.2, 0.25) is 0 Å². The maximum atomic E-state index is 11.9. The van der Waals surface area contributed by atoms with E-state index in [1.807, 2.05) is 18.2 Å². The summed E-state index contributed by atoms with van der Waals surface area (Å²) < 4.78 is 2.59. The van der Waals surface area contributed by atoms with Crippen molar-refractivity contribution in [2.24, 2.45) is 0 Å². The molecule has 0 N–H and O–H groups in total. The minimum Gasteiger partial charge on any atom is -0.298 e. The molecule has 19 heavy (non-hydrogen) atoms. The first-order chi connectivity index (χ1) is 9.15. The Kier molecular flexibility index (Phi) is 5.27. The molecule has 1 heterocycles. The molecule has 0 spiro atoms. The van der Waals surface area contributed by atoms with Crippen LogP contribution in [0.15, 0.2) is 45.4 Å². The van der Waals surface area contributed by atoms with E-state index >= 15 is 0 Å². The van der Waals surface area contributed by atoms with Gasteiger partial charge in [-0.1, -0.05) is 36.0 Å². The minimum atomic E-state index is 0.149. The Labute approximate surface area is 128 Å². The molecule has 0 aromatic carbocycles. The summed E-state index contributed by atoms with van der Waals surface area (Å²) in [4.78, 5) is 15.9. The summed E-state index contributed by atoms with van der Waals surface area (Å²) in [7, 11) is 0. The summed E-state index contributed by atoms with van der Waals surface area (Å²) in [6, 6.07) is 0. The Bertz CT molecular complexity index is 558. The minimum absolute atomic E-state index is 0.149. The highest BCUT2D eigenvalue weighted by Gasteiger charge is 2.10. The van der Waals surface area contributed by atoms with Crippen LogP contribution in [0, 0.1) is 0 Å². The maximum Gasteiger partial charge on any atom is 0.218 e. The Morgan fingerprint density at radius 3 is 2.89 bits per heavy atom. The monoisotopic (exact) mass is 385 g/mol. The topological polar surface area (TPSA) is 47.8 Å². The molecular weight excluding hydrogens is 374 g/mol. The molecule has 0 radical (unpaired) electrons. The largest absolute Gasteiger partial charge is 0.298 e. The molecule has 1 aromatic rings. The van der Waals surface area contributed by atoms with E-state index < -0.39 is 0 Å². The number of carbonyl (C=O) groups is 1. The zero-order chi connectivity index (χ0) is 13.7. The molecule has 6 heteroatoms. The second-order valence-corrected chi connectivity index (χ2v) is 5.61. The molecule has 0 aliphatic heterocycles. The molecule has 1 aliphatic carbocycles. The molecule has 1 aliphatic rings. The predicted molar refractivity (Wildman–Crippen MR) is 80.6 cm³/mol. The van der Waals surface area contributed by atoms with Crippen molar-refractivity contribution in [3.63, 3.8) is 0 Å². The van der Waals surface area contributed by atoms with E-state index in [0.29, 0.717) is 15.9 Å². The van der Waals surface area contributed by atoms with Gasteiger partial charge < -0.3 is 0 Å². The summed E-state index contributed by atoms with van der Waals surface area (Å²) >= 11 is 6.44. The lowest BCUT2D eigenvalue weighted by molar-refractivity contribution is -0.119. The smallest absolute Gasteiger partial charge is 0.218 e. The van der Waals surface area contributed by atoms with E-state index in [1.54, 1.807) is 4.68 Å². The lowest BCUT2D eigenvalue weighted by atomic mass is 10.0. The van der Waals surface area contributed by atoms with Crippen LogP contribution >= 0.6 is 31.9 Å². The predicted octanol–water partition coefficient (Wildman–Crippen LogP) is 3.59. The van der Waals surface area contributed by atoms with Gasteiger partial charge in [-0.25, -0.2) is 4.68 Å². The first-order valence-corrected chi connectivity index (χ1v) is 7.52. The van der Waals surface area contributed by atoms with Crippen LogP contribution in [0.3, 0.4) is 0 Å². The number of nitrogens with zero attached hydrogens (tertiary/aromatic N) is 3. The van der Waals surface area contributed by atoms with Crippen molar-refractivity contribution < 1.29 is 4.79 Å². The van der Waals surface area contributed by atoms with Crippen molar-refractivity contribution >= 4 is 37.6 Å². The van der Waals surface area contributed by atoms with Crippen molar-refractivity contribution in [3.8, 4) is 0 Å². The normalized spacial score (nSPS) is 14.3. The van der Waals surface area contributed by atoms with Gasteiger partial charge in [0.25, 0.3) is 0 Å². The fourth-order valence-electron chi connectivity index (χ4n) is 1.75. The summed E-state index contributed by atoms with van der Waals surface area (Å²) in [6.07, 6.45) is 12.4. The van der Waals surface area contributed by atoms with Gasteiger partial charge in [0, 0.05) is 6.42 Å². The van der Waals surface area contributed by atoms with Crippen LogP contribution in [-0.4, -0.2) is 20.5 Å².